The Morgan fingerprint density at radius 1 is 0.917 bits per heavy atom. The number of carbonyl (C=O) groups excluding carboxylic acids is 2. The molecule has 2 amide bonds. The molecule has 3 heterocycles. The highest BCUT2D eigenvalue weighted by Gasteiger charge is 2.35. The molecule has 2 aromatic carbocycles. The van der Waals surface area contributed by atoms with Crippen molar-refractivity contribution in [1.29, 1.82) is 0 Å². The molecule has 7 heteroatoms. The summed E-state index contributed by atoms with van der Waals surface area (Å²) in [4.78, 5) is 31.7. The minimum atomic E-state index is -0.571. The van der Waals surface area contributed by atoms with Gasteiger partial charge in [-0.3, -0.25) is 14.9 Å². The van der Waals surface area contributed by atoms with Gasteiger partial charge in [-0.05, 0) is 51.2 Å². The molecule has 0 aliphatic carbocycles. The zero-order valence-corrected chi connectivity index (χ0v) is 21.2. The van der Waals surface area contributed by atoms with Crippen LogP contribution in [0.5, 0.6) is 0 Å². The van der Waals surface area contributed by atoms with Gasteiger partial charge < -0.3 is 19.6 Å². The lowest BCUT2D eigenvalue weighted by atomic mass is 9.95. The zero-order chi connectivity index (χ0) is 25.6. The Morgan fingerprint density at radius 3 is 2.25 bits per heavy atom. The third kappa shape index (κ3) is 4.14. The second kappa shape index (κ2) is 9.41. The van der Waals surface area contributed by atoms with Crippen LogP contribution in [0.3, 0.4) is 0 Å². The average molecular weight is 485 g/mol. The molecule has 1 atom stereocenters. The molecule has 0 radical (unpaired) electrons. The van der Waals surface area contributed by atoms with Crippen molar-refractivity contribution in [3.8, 4) is 0 Å². The fraction of sp³-hybridized carbons (Fsp3) is 0.310. The fourth-order valence-corrected chi connectivity index (χ4v) is 5.24. The van der Waals surface area contributed by atoms with Crippen LogP contribution in [0, 0.1) is 13.8 Å². The van der Waals surface area contributed by atoms with Crippen LogP contribution in [-0.4, -0.2) is 57.1 Å². The molecule has 0 spiro atoms. The van der Waals surface area contributed by atoms with E-state index in [1.807, 2.05) is 61.0 Å². The van der Waals surface area contributed by atoms with E-state index >= 15 is 0 Å². The van der Waals surface area contributed by atoms with Crippen molar-refractivity contribution in [2.24, 2.45) is 0 Å². The second-order valence-electron chi connectivity index (χ2n) is 9.64. The Morgan fingerprint density at radius 2 is 1.56 bits per heavy atom. The number of hydrogen-bond acceptors (Lipinski definition) is 4. The summed E-state index contributed by atoms with van der Waals surface area (Å²) in [5.41, 5.74) is 6.11. The van der Waals surface area contributed by atoms with Crippen LogP contribution in [-0.2, 0) is 16.1 Å². The Labute approximate surface area is 210 Å². The first-order chi connectivity index (χ1) is 17.3. The quantitative estimate of drug-likeness (QED) is 0.330. The summed E-state index contributed by atoms with van der Waals surface area (Å²) >= 11 is 0. The van der Waals surface area contributed by atoms with Crippen LogP contribution in [0.25, 0.3) is 33.0 Å². The predicted octanol–water partition coefficient (Wildman–Crippen LogP) is 4.01. The number of H-pyrrole nitrogens is 1. The van der Waals surface area contributed by atoms with Gasteiger partial charge >= 0.3 is 0 Å². The van der Waals surface area contributed by atoms with Crippen molar-refractivity contribution in [2.75, 3.05) is 19.6 Å². The van der Waals surface area contributed by atoms with Gasteiger partial charge in [0.05, 0.1) is 17.3 Å². The number of benzene rings is 2. The van der Waals surface area contributed by atoms with Gasteiger partial charge in [-0.25, -0.2) is 0 Å². The normalized spacial score (nSPS) is 15.1. The maximum atomic E-state index is 13.2. The van der Waals surface area contributed by atoms with E-state index in [4.69, 9.17) is 0 Å². The summed E-state index contributed by atoms with van der Waals surface area (Å²) in [6.45, 7) is 10.9. The van der Waals surface area contributed by atoms with Gasteiger partial charge in [0.1, 0.15) is 0 Å². The first-order valence-electron chi connectivity index (χ1n) is 12.5. The minimum Gasteiger partial charge on any atom is -0.390 e. The van der Waals surface area contributed by atoms with Crippen LogP contribution < -0.4 is 5.32 Å². The number of rotatable bonds is 8. The molecule has 1 aliphatic heterocycles. The third-order valence-electron chi connectivity index (χ3n) is 7.11. The fourth-order valence-electron chi connectivity index (χ4n) is 5.24. The van der Waals surface area contributed by atoms with Crippen molar-refractivity contribution >= 4 is 44.8 Å². The summed E-state index contributed by atoms with van der Waals surface area (Å²) in [6, 6.07) is 12.1. The molecule has 1 unspecified atom stereocenters. The van der Waals surface area contributed by atoms with Crippen LogP contribution in [0.2, 0.25) is 0 Å². The van der Waals surface area contributed by atoms with Gasteiger partial charge in [0, 0.05) is 58.4 Å². The molecule has 3 N–H and O–H groups in total. The first kappa shape index (κ1) is 24.0. The van der Waals surface area contributed by atoms with E-state index in [1.54, 1.807) is 6.20 Å². The van der Waals surface area contributed by atoms with Crippen molar-refractivity contribution in [1.82, 2.24) is 19.8 Å². The summed E-state index contributed by atoms with van der Waals surface area (Å²) in [5.74, 6) is -0.797. The largest absolute Gasteiger partial charge is 0.390 e. The summed E-state index contributed by atoms with van der Waals surface area (Å²) < 4.78 is 2.00. The summed E-state index contributed by atoms with van der Waals surface area (Å²) in [6.07, 6.45) is 3.14. The number of carbonyl (C=O) groups is 2. The number of aromatic amines is 1. The molecule has 0 saturated carbocycles. The highest BCUT2D eigenvalue weighted by molar-refractivity contribution is 6.50. The number of fused-ring (bicyclic) bond motifs is 2. The number of likely N-dealkylation sites (N-methyl/N-ethyl adjacent to an activating group) is 1. The van der Waals surface area contributed by atoms with Crippen molar-refractivity contribution in [3.05, 3.63) is 71.0 Å². The number of imide groups is 1. The van der Waals surface area contributed by atoms with Crippen LogP contribution in [0.15, 0.2) is 48.8 Å². The van der Waals surface area contributed by atoms with Crippen LogP contribution in [0.4, 0.5) is 0 Å². The van der Waals surface area contributed by atoms with E-state index < -0.39 is 17.9 Å². The van der Waals surface area contributed by atoms with Gasteiger partial charge in [0.15, 0.2) is 0 Å². The highest BCUT2D eigenvalue weighted by Crippen LogP contribution is 2.38. The lowest BCUT2D eigenvalue weighted by Crippen LogP contribution is -2.34. The molecular weight excluding hydrogens is 452 g/mol. The topological polar surface area (TPSA) is 90.4 Å². The molecular formula is C29H32N4O3. The molecule has 0 fully saturated rings. The highest BCUT2D eigenvalue weighted by atomic mass is 16.3. The number of nitrogens with one attached hydrogen (secondary N) is 2. The Hall–Kier alpha value is -3.68. The molecule has 0 bridgehead atoms. The SMILES string of the molecule is CCN(CC)CC(O)Cn1cc(C2=C(c3c[nH]c4ccc(C)cc34)C(=O)NC2=O)c2cc(C)ccc21. The second-order valence-corrected chi connectivity index (χ2v) is 9.64. The molecule has 0 saturated heterocycles. The number of hydrogen-bond donors (Lipinski definition) is 3. The van der Waals surface area contributed by atoms with Crippen LogP contribution >= 0.6 is 0 Å². The van der Waals surface area contributed by atoms with Gasteiger partial charge in [0.25, 0.3) is 11.8 Å². The third-order valence-corrected chi connectivity index (χ3v) is 7.11. The minimum absolute atomic E-state index is 0.370. The summed E-state index contributed by atoms with van der Waals surface area (Å²) in [5, 5.41) is 15.2. The smallest absolute Gasteiger partial charge is 0.259 e. The molecule has 36 heavy (non-hydrogen) atoms. The standard InChI is InChI=1S/C29H32N4O3/c1-5-32(6-2)14-19(34)15-33-16-23(21-12-18(4)8-10-25(21)33)27-26(28(35)31-29(27)36)22-13-30-24-9-7-17(3)11-20(22)24/h7-13,16,19,30,34H,5-6,14-15H2,1-4H3,(H,31,35,36). The van der Waals surface area contributed by atoms with Crippen LogP contribution in [0.1, 0.15) is 36.1 Å². The molecule has 5 rings (SSSR count). The van der Waals surface area contributed by atoms with Gasteiger partial charge in [-0.1, -0.05) is 37.1 Å². The van der Waals surface area contributed by atoms with Crippen molar-refractivity contribution in [3.63, 3.8) is 0 Å². The average Bonchev–Trinajstić information content (AvgIpc) is 3.49. The number of aryl methyl sites for hydroxylation is 2. The monoisotopic (exact) mass is 484 g/mol. The molecule has 186 valence electrons. The van der Waals surface area contributed by atoms with Gasteiger partial charge in [-0.15, -0.1) is 0 Å². The van der Waals surface area contributed by atoms with E-state index in [-0.39, 0.29) is 0 Å². The number of amides is 2. The lowest BCUT2D eigenvalue weighted by Gasteiger charge is -2.22. The molecule has 1 aliphatic rings. The van der Waals surface area contributed by atoms with E-state index in [0.29, 0.717) is 35.4 Å². The summed E-state index contributed by atoms with van der Waals surface area (Å²) in [7, 11) is 0. The zero-order valence-electron chi connectivity index (χ0n) is 21.2. The number of nitrogens with zero attached hydrogens (tertiary/aromatic N) is 2. The Kier molecular flexibility index (Phi) is 6.28. The number of aromatic nitrogens is 2. The molecule has 7 nitrogen and oxygen atoms in total. The maximum absolute atomic E-state index is 13.2. The van der Waals surface area contributed by atoms with E-state index in [0.717, 1.165) is 46.0 Å². The number of aliphatic hydroxyl groups excluding tert-OH is 1. The van der Waals surface area contributed by atoms with E-state index in [9.17, 15) is 14.7 Å². The molecule has 4 aromatic rings. The van der Waals surface area contributed by atoms with E-state index in [2.05, 4.69) is 29.0 Å². The Balaban J connectivity index is 1.68. The van der Waals surface area contributed by atoms with Crippen molar-refractivity contribution < 1.29 is 14.7 Å². The van der Waals surface area contributed by atoms with Gasteiger partial charge in [-0.2, -0.15) is 0 Å². The number of aliphatic hydroxyl groups is 1. The maximum Gasteiger partial charge on any atom is 0.259 e. The predicted molar refractivity (Wildman–Crippen MR) is 143 cm³/mol. The first-order valence-corrected chi connectivity index (χ1v) is 12.5. The Bertz CT molecular complexity index is 1520. The molecule has 2 aromatic heterocycles. The van der Waals surface area contributed by atoms with E-state index in [1.165, 1.54) is 0 Å². The van der Waals surface area contributed by atoms with Crippen molar-refractivity contribution in [2.45, 2.75) is 40.3 Å². The lowest BCUT2D eigenvalue weighted by molar-refractivity contribution is -0.122. The van der Waals surface area contributed by atoms with Gasteiger partial charge in [0.2, 0.25) is 0 Å².